The number of rotatable bonds is 4. The Labute approximate surface area is 197 Å². The first-order valence-corrected chi connectivity index (χ1v) is 11.9. The SMILES string of the molecule is CS(=O)(=O)c1cc(Cl)cc(Oc2cccc(-c3cc(C#N)nc4c(C(F)(F)F)cccc34)c2)c1. The molecule has 0 bridgehead atoms. The molecule has 10 heteroatoms. The number of hydrogen-bond acceptors (Lipinski definition) is 5. The third-order valence-electron chi connectivity index (χ3n) is 4.91. The summed E-state index contributed by atoms with van der Waals surface area (Å²) < 4.78 is 70.2. The van der Waals surface area contributed by atoms with Gasteiger partial charge in [0.1, 0.15) is 23.3 Å². The van der Waals surface area contributed by atoms with Gasteiger partial charge in [0.15, 0.2) is 9.84 Å². The fourth-order valence-corrected chi connectivity index (χ4v) is 4.41. The van der Waals surface area contributed by atoms with Crippen LogP contribution >= 0.6 is 11.6 Å². The van der Waals surface area contributed by atoms with Crippen LogP contribution in [0, 0.1) is 11.3 Å². The van der Waals surface area contributed by atoms with Crippen LogP contribution in [-0.2, 0) is 16.0 Å². The highest BCUT2D eigenvalue weighted by molar-refractivity contribution is 7.90. The molecule has 0 unspecified atom stereocenters. The van der Waals surface area contributed by atoms with Crippen molar-refractivity contribution in [2.75, 3.05) is 6.26 Å². The molecule has 172 valence electrons. The molecule has 0 aliphatic rings. The summed E-state index contributed by atoms with van der Waals surface area (Å²) in [5.74, 6) is 0.455. The molecule has 4 aromatic rings. The molecule has 3 aromatic carbocycles. The molecule has 0 spiro atoms. The van der Waals surface area contributed by atoms with Crippen LogP contribution in [0.25, 0.3) is 22.0 Å². The van der Waals surface area contributed by atoms with Crippen LogP contribution in [0.15, 0.2) is 71.6 Å². The standard InChI is InChI=1S/C24H14ClF3N2O3S/c1-34(31,32)19-10-15(25)9-18(12-19)33-17-5-2-4-14(8-17)21-11-16(13-29)30-23-20(21)6-3-7-22(23)24(26,27)28/h2-12H,1H3. The Morgan fingerprint density at radius 3 is 2.41 bits per heavy atom. The van der Waals surface area contributed by atoms with Crippen LogP contribution in [0.4, 0.5) is 13.2 Å². The van der Waals surface area contributed by atoms with Crippen molar-refractivity contribution in [1.82, 2.24) is 4.98 Å². The third-order valence-corrected chi connectivity index (χ3v) is 6.22. The fourth-order valence-electron chi connectivity index (χ4n) is 3.45. The van der Waals surface area contributed by atoms with Gasteiger partial charge in [0.05, 0.1) is 16.0 Å². The van der Waals surface area contributed by atoms with Gasteiger partial charge in [-0.1, -0.05) is 35.9 Å². The summed E-state index contributed by atoms with van der Waals surface area (Å²) in [5, 5.41) is 9.72. The van der Waals surface area contributed by atoms with Crippen LogP contribution < -0.4 is 4.74 Å². The van der Waals surface area contributed by atoms with Crippen LogP contribution in [0.2, 0.25) is 5.02 Å². The van der Waals surface area contributed by atoms with E-state index in [2.05, 4.69) is 4.98 Å². The van der Waals surface area contributed by atoms with E-state index < -0.39 is 21.6 Å². The lowest BCUT2D eigenvalue weighted by Crippen LogP contribution is -2.07. The van der Waals surface area contributed by atoms with Crippen LogP contribution in [-0.4, -0.2) is 19.7 Å². The molecule has 0 amide bonds. The van der Waals surface area contributed by atoms with E-state index >= 15 is 0 Å². The topological polar surface area (TPSA) is 80.0 Å². The molecule has 0 radical (unpaired) electrons. The van der Waals surface area contributed by atoms with Crippen molar-refractivity contribution >= 4 is 32.3 Å². The second-order valence-corrected chi connectivity index (χ2v) is 9.84. The Morgan fingerprint density at radius 2 is 1.74 bits per heavy atom. The van der Waals surface area contributed by atoms with Gasteiger partial charge < -0.3 is 4.74 Å². The first-order valence-electron chi connectivity index (χ1n) is 9.66. The molecule has 0 saturated carbocycles. The largest absolute Gasteiger partial charge is 0.457 e. The van der Waals surface area contributed by atoms with Crippen LogP contribution in [0.1, 0.15) is 11.3 Å². The van der Waals surface area contributed by atoms with E-state index in [4.69, 9.17) is 16.3 Å². The Bertz CT molecular complexity index is 1580. The number of ether oxygens (including phenoxy) is 1. The highest BCUT2D eigenvalue weighted by Gasteiger charge is 2.33. The van der Waals surface area contributed by atoms with Gasteiger partial charge in [-0.05, 0) is 53.6 Å². The molecule has 0 aliphatic heterocycles. The predicted octanol–water partition coefficient (Wildman–Crippen LogP) is 6.64. The van der Waals surface area contributed by atoms with Crippen molar-refractivity contribution in [3.8, 4) is 28.7 Å². The maximum Gasteiger partial charge on any atom is 0.418 e. The molecule has 4 rings (SSSR count). The summed E-state index contributed by atoms with van der Waals surface area (Å²) in [6, 6.07) is 17.4. The van der Waals surface area contributed by atoms with Gasteiger partial charge in [0.25, 0.3) is 0 Å². The summed E-state index contributed by atoms with van der Waals surface area (Å²) in [5.41, 5.74) is -0.601. The van der Waals surface area contributed by atoms with Gasteiger partial charge in [-0.25, -0.2) is 13.4 Å². The number of halogens is 4. The molecule has 34 heavy (non-hydrogen) atoms. The van der Waals surface area contributed by atoms with E-state index in [9.17, 15) is 26.9 Å². The maximum atomic E-state index is 13.5. The van der Waals surface area contributed by atoms with Crippen molar-refractivity contribution in [1.29, 1.82) is 5.26 Å². The number of sulfone groups is 1. The smallest absolute Gasteiger partial charge is 0.418 e. The average molecular weight is 503 g/mol. The molecule has 5 nitrogen and oxygen atoms in total. The van der Waals surface area contributed by atoms with Crippen molar-refractivity contribution in [2.24, 2.45) is 0 Å². The number of aromatic nitrogens is 1. The summed E-state index contributed by atoms with van der Waals surface area (Å²) >= 11 is 6.03. The highest BCUT2D eigenvalue weighted by atomic mass is 35.5. The van der Waals surface area contributed by atoms with E-state index in [0.717, 1.165) is 12.3 Å². The van der Waals surface area contributed by atoms with E-state index in [-0.39, 0.29) is 38.0 Å². The zero-order chi connectivity index (χ0) is 24.7. The van der Waals surface area contributed by atoms with Crippen molar-refractivity contribution in [2.45, 2.75) is 11.1 Å². The summed E-state index contributed by atoms with van der Waals surface area (Å²) in [6.07, 6.45) is -3.60. The van der Waals surface area contributed by atoms with E-state index in [1.54, 1.807) is 24.3 Å². The second-order valence-electron chi connectivity index (χ2n) is 7.39. The third kappa shape index (κ3) is 4.83. The van der Waals surface area contributed by atoms with Gasteiger partial charge in [0, 0.05) is 16.7 Å². The Morgan fingerprint density at radius 1 is 1.00 bits per heavy atom. The number of fused-ring (bicyclic) bond motifs is 1. The Kier molecular flexibility index (Phi) is 5.98. The van der Waals surface area contributed by atoms with Crippen molar-refractivity contribution in [3.05, 3.63) is 83.0 Å². The highest BCUT2D eigenvalue weighted by Crippen LogP contribution is 2.38. The first-order chi connectivity index (χ1) is 16.0. The molecule has 1 aromatic heterocycles. The van der Waals surface area contributed by atoms with E-state index in [1.807, 2.05) is 6.07 Å². The minimum absolute atomic E-state index is 0.0235. The number of pyridine rings is 1. The molecule has 0 aliphatic carbocycles. The second kappa shape index (κ2) is 8.63. The van der Waals surface area contributed by atoms with E-state index in [1.165, 1.54) is 36.4 Å². The number of alkyl halides is 3. The molecule has 0 atom stereocenters. The first kappa shape index (κ1) is 23.5. The molecule has 0 N–H and O–H groups in total. The molecule has 0 saturated heterocycles. The Balaban J connectivity index is 1.84. The van der Waals surface area contributed by atoms with Gasteiger partial charge in [-0.15, -0.1) is 0 Å². The molecule has 0 fully saturated rings. The normalized spacial score (nSPS) is 11.9. The van der Waals surface area contributed by atoms with Crippen LogP contribution in [0.3, 0.4) is 0 Å². The van der Waals surface area contributed by atoms with Crippen molar-refractivity contribution < 1.29 is 26.3 Å². The number of benzene rings is 3. The Hall–Kier alpha value is -3.61. The minimum atomic E-state index is -4.65. The summed E-state index contributed by atoms with van der Waals surface area (Å²) in [7, 11) is -3.53. The minimum Gasteiger partial charge on any atom is -0.457 e. The maximum absolute atomic E-state index is 13.5. The predicted molar refractivity (Wildman–Crippen MR) is 122 cm³/mol. The van der Waals surface area contributed by atoms with Gasteiger partial charge in [-0.3, -0.25) is 0 Å². The number of hydrogen-bond donors (Lipinski definition) is 0. The summed E-state index contributed by atoms with van der Waals surface area (Å²) in [6.45, 7) is 0. The molecule has 1 heterocycles. The van der Waals surface area contributed by atoms with Gasteiger partial charge >= 0.3 is 6.18 Å². The lowest BCUT2D eigenvalue weighted by Gasteiger charge is -2.14. The van der Waals surface area contributed by atoms with Crippen molar-refractivity contribution in [3.63, 3.8) is 0 Å². The average Bonchev–Trinajstić information content (AvgIpc) is 2.76. The number of para-hydroxylation sites is 1. The lowest BCUT2D eigenvalue weighted by atomic mass is 9.98. The van der Waals surface area contributed by atoms with E-state index in [0.29, 0.717) is 11.1 Å². The number of nitriles is 1. The van der Waals surface area contributed by atoms with Gasteiger partial charge in [0.2, 0.25) is 0 Å². The molecular formula is C24H14ClF3N2O3S. The zero-order valence-corrected chi connectivity index (χ0v) is 19.0. The fraction of sp³-hybridized carbons (Fsp3) is 0.0833. The number of nitrogens with zero attached hydrogens (tertiary/aromatic N) is 2. The molecular weight excluding hydrogens is 489 g/mol. The lowest BCUT2D eigenvalue weighted by molar-refractivity contribution is -0.136. The summed E-state index contributed by atoms with van der Waals surface area (Å²) in [4.78, 5) is 3.87. The van der Waals surface area contributed by atoms with Gasteiger partial charge in [-0.2, -0.15) is 18.4 Å². The van der Waals surface area contributed by atoms with Crippen LogP contribution in [0.5, 0.6) is 11.5 Å². The monoisotopic (exact) mass is 502 g/mol. The quantitative estimate of drug-likeness (QED) is 0.312. The zero-order valence-electron chi connectivity index (χ0n) is 17.4.